The second kappa shape index (κ2) is 10.4. The van der Waals surface area contributed by atoms with E-state index < -0.39 is 0 Å². The zero-order valence-electron chi connectivity index (χ0n) is 19.9. The van der Waals surface area contributed by atoms with Gasteiger partial charge in [0.25, 0.3) is 0 Å². The zero-order valence-corrected chi connectivity index (χ0v) is 20.7. The van der Waals surface area contributed by atoms with Crippen LogP contribution in [0.2, 0.25) is 0 Å². The minimum Gasteiger partial charge on any atom is -0.361 e. The minimum absolute atomic E-state index is 0.0172. The molecule has 1 saturated carbocycles. The lowest BCUT2D eigenvalue weighted by atomic mass is 9.79. The van der Waals surface area contributed by atoms with Gasteiger partial charge in [-0.05, 0) is 74.9 Å². The molecule has 1 aromatic heterocycles. The molecular weight excluding hydrogens is 447 g/mol. The molecule has 3 heterocycles. The Morgan fingerprint density at radius 2 is 1.41 bits per heavy atom. The SMILES string of the molecule is Fc1ccc(C2(CNC(=S)Nc3nc(N4CCCCC4)cc(N4CCCC4)n3)CCCC2)cc1. The highest BCUT2D eigenvalue weighted by molar-refractivity contribution is 7.80. The Morgan fingerprint density at radius 3 is 2.00 bits per heavy atom. The molecule has 0 amide bonds. The van der Waals surface area contributed by atoms with Crippen LogP contribution in [0.25, 0.3) is 0 Å². The van der Waals surface area contributed by atoms with E-state index in [1.165, 1.54) is 50.5 Å². The highest BCUT2D eigenvalue weighted by atomic mass is 32.1. The lowest BCUT2D eigenvalue weighted by Crippen LogP contribution is -2.41. The summed E-state index contributed by atoms with van der Waals surface area (Å²) in [6.07, 6.45) is 10.6. The number of rotatable bonds is 6. The maximum absolute atomic E-state index is 13.5. The van der Waals surface area contributed by atoms with Crippen molar-refractivity contribution in [1.82, 2.24) is 15.3 Å². The third-order valence-corrected chi connectivity index (χ3v) is 7.89. The van der Waals surface area contributed by atoms with Crippen molar-refractivity contribution in [3.8, 4) is 0 Å². The standard InChI is InChI=1S/C26H35FN6S/c27-21-10-8-20(9-11-21)26(12-2-3-13-26)19-28-25(34)31-24-29-22(32-14-4-1-5-15-32)18-23(30-24)33-16-6-7-17-33/h8-11,18H,1-7,12-17,19H2,(H2,28,29,30,31,34). The quantitative estimate of drug-likeness (QED) is 0.562. The first-order valence-corrected chi connectivity index (χ1v) is 13.2. The lowest BCUT2D eigenvalue weighted by molar-refractivity contribution is 0.434. The molecular formula is C26H35FN6S. The van der Waals surface area contributed by atoms with Crippen LogP contribution in [0.4, 0.5) is 22.0 Å². The molecule has 3 aliphatic rings. The highest BCUT2D eigenvalue weighted by Gasteiger charge is 2.35. The van der Waals surface area contributed by atoms with Crippen LogP contribution < -0.4 is 20.4 Å². The Bertz CT molecular complexity index is 979. The van der Waals surface area contributed by atoms with Crippen LogP contribution in [0.3, 0.4) is 0 Å². The van der Waals surface area contributed by atoms with Crippen molar-refractivity contribution in [2.75, 3.05) is 47.8 Å². The summed E-state index contributed by atoms with van der Waals surface area (Å²) < 4.78 is 13.5. The number of hydrogen-bond acceptors (Lipinski definition) is 5. The van der Waals surface area contributed by atoms with Gasteiger partial charge >= 0.3 is 0 Å². The molecule has 0 bridgehead atoms. The van der Waals surface area contributed by atoms with E-state index >= 15 is 0 Å². The smallest absolute Gasteiger partial charge is 0.232 e. The summed E-state index contributed by atoms with van der Waals surface area (Å²) in [7, 11) is 0. The molecule has 0 spiro atoms. The number of aromatic nitrogens is 2. The van der Waals surface area contributed by atoms with Gasteiger partial charge in [-0.25, -0.2) is 4.39 Å². The predicted molar refractivity (Wildman–Crippen MR) is 140 cm³/mol. The van der Waals surface area contributed by atoms with Crippen LogP contribution >= 0.6 is 12.2 Å². The maximum atomic E-state index is 13.5. The van der Waals surface area contributed by atoms with Crippen LogP contribution in [0.15, 0.2) is 30.3 Å². The van der Waals surface area contributed by atoms with Gasteiger partial charge in [-0.2, -0.15) is 9.97 Å². The van der Waals surface area contributed by atoms with E-state index in [2.05, 4.69) is 26.5 Å². The Balaban J connectivity index is 1.30. The number of halogens is 1. The van der Waals surface area contributed by atoms with Gasteiger partial charge in [0, 0.05) is 44.2 Å². The van der Waals surface area contributed by atoms with Crippen molar-refractivity contribution in [2.24, 2.45) is 0 Å². The van der Waals surface area contributed by atoms with Crippen LogP contribution in [-0.4, -0.2) is 47.8 Å². The fraction of sp³-hybridized carbons (Fsp3) is 0.577. The monoisotopic (exact) mass is 482 g/mol. The molecule has 1 aliphatic carbocycles. The number of benzene rings is 1. The topological polar surface area (TPSA) is 56.3 Å². The normalized spacial score (nSPS) is 19.9. The predicted octanol–water partition coefficient (Wildman–Crippen LogP) is 5.00. The van der Waals surface area contributed by atoms with Crippen LogP contribution in [0.1, 0.15) is 63.4 Å². The Hall–Kier alpha value is -2.48. The first-order chi connectivity index (χ1) is 16.6. The number of nitrogens with one attached hydrogen (secondary N) is 2. The summed E-state index contributed by atoms with van der Waals surface area (Å²) >= 11 is 5.68. The van der Waals surface area contributed by atoms with Gasteiger partial charge in [-0.15, -0.1) is 0 Å². The van der Waals surface area contributed by atoms with Gasteiger partial charge in [0.15, 0.2) is 5.11 Å². The second-order valence-corrected chi connectivity index (χ2v) is 10.4. The molecule has 34 heavy (non-hydrogen) atoms. The van der Waals surface area contributed by atoms with Gasteiger partial charge in [0.05, 0.1) is 0 Å². The first-order valence-electron chi connectivity index (χ1n) is 12.8. The molecule has 0 radical (unpaired) electrons. The fourth-order valence-corrected chi connectivity index (χ4v) is 5.85. The van der Waals surface area contributed by atoms with Crippen LogP contribution in [0, 0.1) is 5.82 Å². The molecule has 2 N–H and O–H groups in total. The molecule has 5 rings (SSSR count). The number of piperidine rings is 1. The maximum Gasteiger partial charge on any atom is 0.232 e. The summed E-state index contributed by atoms with van der Waals surface area (Å²) in [5.41, 5.74) is 1.16. The van der Waals surface area contributed by atoms with Crippen molar-refractivity contribution in [3.63, 3.8) is 0 Å². The summed E-state index contributed by atoms with van der Waals surface area (Å²) in [6.45, 7) is 4.88. The van der Waals surface area contributed by atoms with E-state index in [-0.39, 0.29) is 11.2 Å². The molecule has 0 atom stereocenters. The Labute approximate surface area is 207 Å². The number of anilines is 3. The summed E-state index contributed by atoms with van der Waals surface area (Å²) in [6, 6.07) is 9.11. The molecule has 6 nitrogen and oxygen atoms in total. The van der Waals surface area contributed by atoms with Crippen LogP contribution in [-0.2, 0) is 5.41 Å². The molecule has 0 unspecified atom stereocenters. The van der Waals surface area contributed by atoms with Crippen LogP contribution in [0.5, 0.6) is 0 Å². The van der Waals surface area contributed by atoms with E-state index in [4.69, 9.17) is 22.2 Å². The molecule has 182 valence electrons. The van der Waals surface area contributed by atoms with Gasteiger partial charge in [0.1, 0.15) is 17.5 Å². The second-order valence-electron chi connectivity index (χ2n) is 9.95. The van der Waals surface area contributed by atoms with Crippen molar-refractivity contribution >= 4 is 34.9 Å². The third kappa shape index (κ3) is 5.27. The van der Waals surface area contributed by atoms with E-state index in [0.29, 0.717) is 11.1 Å². The largest absolute Gasteiger partial charge is 0.361 e. The number of hydrogen-bond donors (Lipinski definition) is 2. The highest BCUT2D eigenvalue weighted by Crippen LogP contribution is 2.40. The van der Waals surface area contributed by atoms with Crippen molar-refractivity contribution < 1.29 is 4.39 Å². The Morgan fingerprint density at radius 1 is 0.853 bits per heavy atom. The molecule has 1 aromatic carbocycles. The summed E-state index contributed by atoms with van der Waals surface area (Å²) in [4.78, 5) is 14.4. The summed E-state index contributed by atoms with van der Waals surface area (Å²) in [5.74, 6) is 2.34. The van der Waals surface area contributed by atoms with Gasteiger partial charge in [0.2, 0.25) is 5.95 Å². The van der Waals surface area contributed by atoms with E-state index in [0.717, 1.165) is 57.2 Å². The third-order valence-electron chi connectivity index (χ3n) is 7.64. The summed E-state index contributed by atoms with van der Waals surface area (Å²) in [5, 5.41) is 7.24. The van der Waals surface area contributed by atoms with Crippen molar-refractivity contribution in [1.29, 1.82) is 0 Å². The van der Waals surface area contributed by atoms with Crippen molar-refractivity contribution in [3.05, 3.63) is 41.7 Å². The zero-order chi connectivity index (χ0) is 23.4. The van der Waals surface area contributed by atoms with Gasteiger partial charge < -0.3 is 20.4 Å². The first kappa shape index (κ1) is 23.3. The van der Waals surface area contributed by atoms with Gasteiger partial charge in [-0.1, -0.05) is 25.0 Å². The molecule has 2 aliphatic heterocycles. The average molecular weight is 483 g/mol. The lowest BCUT2D eigenvalue weighted by Gasteiger charge is -2.31. The van der Waals surface area contributed by atoms with E-state index in [9.17, 15) is 4.39 Å². The molecule has 8 heteroatoms. The average Bonchev–Trinajstić information content (AvgIpc) is 3.57. The Kier molecular flexibility index (Phi) is 7.13. The fourth-order valence-electron chi connectivity index (χ4n) is 5.69. The number of nitrogens with zero attached hydrogens (tertiary/aromatic N) is 4. The molecule has 2 aromatic rings. The van der Waals surface area contributed by atoms with E-state index in [1.807, 2.05) is 12.1 Å². The number of thiocarbonyl (C=S) groups is 1. The minimum atomic E-state index is -0.193. The van der Waals surface area contributed by atoms with Gasteiger partial charge in [-0.3, -0.25) is 0 Å². The van der Waals surface area contributed by atoms with E-state index in [1.54, 1.807) is 12.1 Å². The van der Waals surface area contributed by atoms with Crippen molar-refractivity contribution in [2.45, 2.75) is 63.2 Å². The molecule has 2 saturated heterocycles. The molecule has 3 fully saturated rings.